The fourth-order valence-electron chi connectivity index (χ4n) is 3.38. The monoisotopic (exact) mass is 414 g/mol. The van der Waals surface area contributed by atoms with Crippen LogP contribution < -0.4 is 0 Å². The molecule has 2 bridgehead atoms. The number of nitrogens with zero attached hydrogens (tertiary/aromatic N) is 2. The quantitative estimate of drug-likeness (QED) is 0.735. The summed E-state index contributed by atoms with van der Waals surface area (Å²) in [5, 5.41) is 11.8. The Kier molecular flexibility index (Phi) is 3.96. The van der Waals surface area contributed by atoms with E-state index in [-0.39, 0.29) is 6.54 Å². The molecule has 12 heteroatoms. The van der Waals surface area contributed by atoms with E-state index in [2.05, 4.69) is 4.28 Å². The second-order valence-electron chi connectivity index (χ2n) is 5.95. The molecule has 27 heavy (non-hydrogen) atoms. The van der Waals surface area contributed by atoms with Crippen LogP contribution in [0.25, 0.3) is 11.1 Å². The number of urea groups is 1. The van der Waals surface area contributed by atoms with Gasteiger partial charge >= 0.3 is 22.4 Å². The topological polar surface area (TPSA) is 124 Å². The Morgan fingerprint density at radius 3 is 2.56 bits per heavy atom. The van der Waals surface area contributed by atoms with E-state index in [1.165, 1.54) is 24.3 Å². The number of carbonyl (C=O) groups excluding carboxylic acids is 1. The molecule has 1 unspecified atom stereocenters. The molecule has 1 aromatic heterocycles. The molecular weight excluding hydrogens is 403 g/mol. The Morgan fingerprint density at radius 1 is 1.30 bits per heavy atom. The van der Waals surface area contributed by atoms with Crippen molar-refractivity contribution in [1.29, 1.82) is 0 Å². The molecule has 142 valence electrons. The number of benzene rings is 1. The summed E-state index contributed by atoms with van der Waals surface area (Å²) in [5.74, 6) is -1.76. The van der Waals surface area contributed by atoms with E-state index in [1.807, 2.05) is 0 Å². The van der Waals surface area contributed by atoms with Gasteiger partial charge in [-0.2, -0.15) is 13.5 Å². The normalized spacial score (nSPS) is 21.5. The molecule has 0 aliphatic carbocycles. The van der Waals surface area contributed by atoms with Crippen LogP contribution in [0.5, 0.6) is 0 Å². The molecule has 2 aliphatic rings. The van der Waals surface area contributed by atoms with Gasteiger partial charge in [0.1, 0.15) is 11.9 Å². The highest BCUT2D eigenvalue weighted by atomic mass is 32.3. The summed E-state index contributed by atoms with van der Waals surface area (Å²) in [5.41, 5.74) is 1.36. The summed E-state index contributed by atoms with van der Waals surface area (Å²) in [6, 6.07) is 2.16. The highest BCUT2D eigenvalue weighted by Crippen LogP contribution is 2.50. The Balaban J connectivity index is 1.87. The molecule has 2 amide bonds. The Morgan fingerprint density at radius 2 is 1.96 bits per heavy atom. The average molecular weight is 414 g/mol. The lowest BCUT2D eigenvalue weighted by Crippen LogP contribution is -2.38. The minimum atomic E-state index is -4.98. The van der Waals surface area contributed by atoms with E-state index >= 15 is 0 Å². The van der Waals surface area contributed by atoms with Gasteiger partial charge in [0.05, 0.1) is 6.54 Å². The van der Waals surface area contributed by atoms with E-state index < -0.39 is 40.3 Å². The third-order valence-electron chi connectivity index (χ3n) is 4.40. The minimum absolute atomic E-state index is 0.109. The van der Waals surface area contributed by atoms with Crippen molar-refractivity contribution in [2.45, 2.75) is 12.1 Å². The molecule has 2 aromatic rings. The molecule has 2 N–H and O–H groups in total. The SMILES string of the molecule is O=C(O)C1c2c(-c3ccc(F)cc3)csc2[C@H]2CN1C(=O)N2OS(=O)(=O)O. The maximum Gasteiger partial charge on any atom is 0.418 e. The molecule has 9 nitrogen and oxygen atoms in total. The number of carboxylic acids is 1. The zero-order valence-electron chi connectivity index (χ0n) is 13.3. The predicted molar refractivity (Wildman–Crippen MR) is 89.4 cm³/mol. The third-order valence-corrected chi connectivity index (χ3v) is 5.85. The van der Waals surface area contributed by atoms with Crippen LogP contribution in [0.4, 0.5) is 9.18 Å². The number of carboxylic acid groups (broad SMARTS) is 1. The van der Waals surface area contributed by atoms with Crippen LogP contribution in [0.2, 0.25) is 0 Å². The van der Waals surface area contributed by atoms with E-state index in [0.29, 0.717) is 26.6 Å². The molecule has 2 atom stereocenters. The number of hydrogen-bond acceptors (Lipinski definition) is 6. The number of aliphatic carboxylic acids is 1. The molecule has 1 aromatic carbocycles. The Bertz CT molecular complexity index is 1050. The molecular formula is C15H11FN2O7S2. The zero-order chi connectivity index (χ0) is 19.5. The highest BCUT2D eigenvalue weighted by Gasteiger charge is 2.54. The van der Waals surface area contributed by atoms with Gasteiger partial charge in [-0.05, 0) is 28.6 Å². The molecule has 3 heterocycles. The van der Waals surface area contributed by atoms with Crippen molar-refractivity contribution in [2.75, 3.05) is 6.54 Å². The second kappa shape index (κ2) is 5.99. The lowest BCUT2D eigenvalue weighted by molar-refractivity contribution is -0.142. The standard InChI is InChI=1S/C15H11FN2O7S2/c16-8-3-1-7(2-4-8)9-6-26-13-10-5-17(12(11(9)13)14(19)20)15(21)18(10)25-27(22,23)24/h1-4,6,10,12H,5H2,(H,19,20)(H,22,23,24)/t10-,12?/m1/s1. The number of hydroxylamine groups is 2. The first-order chi connectivity index (χ1) is 12.7. The van der Waals surface area contributed by atoms with Crippen LogP contribution in [0.1, 0.15) is 22.5 Å². The van der Waals surface area contributed by atoms with Crippen LogP contribution in [-0.4, -0.2) is 46.6 Å². The molecule has 0 spiro atoms. The van der Waals surface area contributed by atoms with Crippen molar-refractivity contribution in [3.8, 4) is 11.1 Å². The summed E-state index contributed by atoms with van der Waals surface area (Å²) in [7, 11) is -4.98. The van der Waals surface area contributed by atoms with E-state index in [9.17, 15) is 27.5 Å². The maximum absolute atomic E-state index is 13.2. The van der Waals surface area contributed by atoms with Crippen LogP contribution >= 0.6 is 11.3 Å². The van der Waals surface area contributed by atoms with Gasteiger partial charge in [0.15, 0.2) is 6.04 Å². The molecule has 4 rings (SSSR count). The summed E-state index contributed by atoms with van der Waals surface area (Å²) in [4.78, 5) is 25.8. The molecule has 1 saturated heterocycles. The summed E-state index contributed by atoms with van der Waals surface area (Å²) in [6.45, 7) is -0.109. The number of thiophene rings is 1. The highest BCUT2D eigenvalue weighted by molar-refractivity contribution is 7.80. The van der Waals surface area contributed by atoms with Crippen molar-refractivity contribution in [3.63, 3.8) is 0 Å². The maximum atomic E-state index is 13.2. The smallest absolute Gasteiger partial charge is 0.418 e. The average Bonchev–Trinajstić information content (AvgIpc) is 3.11. The van der Waals surface area contributed by atoms with Crippen LogP contribution in [0, 0.1) is 5.82 Å². The lowest BCUT2D eigenvalue weighted by Gasteiger charge is -2.28. The number of hydrogen-bond donors (Lipinski definition) is 2. The summed E-state index contributed by atoms with van der Waals surface area (Å²) < 4.78 is 48.7. The van der Waals surface area contributed by atoms with Crippen molar-refractivity contribution < 1.29 is 36.3 Å². The Hall–Kier alpha value is -2.54. The predicted octanol–water partition coefficient (Wildman–Crippen LogP) is 2.21. The van der Waals surface area contributed by atoms with Gasteiger partial charge < -0.3 is 10.0 Å². The van der Waals surface area contributed by atoms with E-state index in [4.69, 9.17) is 4.55 Å². The number of fused-ring (bicyclic) bond motifs is 4. The summed E-state index contributed by atoms with van der Waals surface area (Å²) >= 11 is 1.13. The number of carbonyl (C=O) groups is 2. The van der Waals surface area contributed by atoms with Crippen molar-refractivity contribution >= 4 is 33.7 Å². The van der Waals surface area contributed by atoms with Gasteiger partial charge in [0, 0.05) is 10.4 Å². The number of rotatable bonds is 4. The lowest BCUT2D eigenvalue weighted by atomic mass is 9.92. The zero-order valence-corrected chi connectivity index (χ0v) is 14.9. The van der Waals surface area contributed by atoms with E-state index in [0.717, 1.165) is 16.2 Å². The van der Waals surface area contributed by atoms with Gasteiger partial charge in [-0.3, -0.25) is 4.55 Å². The van der Waals surface area contributed by atoms with Crippen LogP contribution in [0.15, 0.2) is 29.6 Å². The largest absolute Gasteiger partial charge is 0.479 e. The fourth-order valence-corrected chi connectivity index (χ4v) is 4.93. The number of halogens is 1. The van der Waals surface area contributed by atoms with Crippen LogP contribution in [-0.2, 0) is 19.5 Å². The first kappa shape index (κ1) is 17.9. The summed E-state index contributed by atoms with van der Waals surface area (Å²) in [6.07, 6.45) is 0. The van der Waals surface area contributed by atoms with Crippen molar-refractivity contribution in [1.82, 2.24) is 9.96 Å². The molecule has 1 fully saturated rings. The molecule has 0 radical (unpaired) electrons. The fraction of sp³-hybridized carbons (Fsp3) is 0.200. The minimum Gasteiger partial charge on any atom is -0.479 e. The van der Waals surface area contributed by atoms with Gasteiger partial charge in [0.25, 0.3) is 0 Å². The van der Waals surface area contributed by atoms with Crippen molar-refractivity contribution in [3.05, 3.63) is 45.9 Å². The van der Waals surface area contributed by atoms with Crippen molar-refractivity contribution in [2.24, 2.45) is 0 Å². The van der Waals surface area contributed by atoms with Gasteiger partial charge in [-0.1, -0.05) is 12.1 Å². The first-order valence-corrected chi connectivity index (χ1v) is 9.78. The molecule has 0 saturated carbocycles. The first-order valence-electron chi connectivity index (χ1n) is 7.54. The second-order valence-corrected chi connectivity index (χ2v) is 7.87. The number of amides is 2. The van der Waals surface area contributed by atoms with Crippen LogP contribution in [0.3, 0.4) is 0 Å². The third kappa shape index (κ3) is 2.86. The molecule has 2 aliphatic heterocycles. The van der Waals surface area contributed by atoms with E-state index in [1.54, 1.807) is 5.38 Å². The van der Waals surface area contributed by atoms with Gasteiger partial charge in [0.2, 0.25) is 0 Å². The van der Waals surface area contributed by atoms with Gasteiger partial charge in [-0.15, -0.1) is 15.6 Å². The Labute approximate surface area is 156 Å². The van der Waals surface area contributed by atoms with Gasteiger partial charge in [-0.25, -0.2) is 14.0 Å².